The first-order chi connectivity index (χ1) is 18.0. The molecule has 38 heavy (non-hydrogen) atoms. The number of rotatable bonds is 5. The molecular weight excluding hydrogens is 497 g/mol. The van der Waals surface area contributed by atoms with E-state index in [4.69, 9.17) is 4.74 Å². The lowest BCUT2D eigenvalue weighted by atomic mass is 9.93. The highest BCUT2D eigenvalue weighted by atomic mass is 19.4. The highest BCUT2D eigenvalue weighted by Crippen LogP contribution is 2.36. The van der Waals surface area contributed by atoms with E-state index >= 15 is 0 Å². The second kappa shape index (κ2) is 9.51. The average Bonchev–Trinajstić information content (AvgIpc) is 3.32. The van der Waals surface area contributed by atoms with Crippen LogP contribution < -0.4 is 9.64 Å². The number of aromatic nitrogens is 2. The third-order valence-corrected chi connectivity index (χ3v) is 7.45. The predicted octanol–water partition coefficient (Wildman–Crippen LogP) is 3.99. The number of fused-ring (bicyclic) bond motifs is 2. The van der Waals surface area contributed by atoms with Gasteiger partial charge in [-0.3, -0.25) is 9.69 Å². The molecule has 0 spiro atoms. The smallest absolute Gasteiger partial charge is 0.406 e. The van der Waals surface area contributed by atoms with E-state index in [9.17, 15) is 23.2 Å². The summed E-state index contributed by atoms with van der Waals surface area (Å²) in [5.74, 6) is -0.418. The van der Waals surface area contributed by atoms with E-state index in [1.165, 1.54) is 7.11 Å². The van der Waals surface area contributed by atoms with Gasteiger partial charge in [0.2, 0.25) is 0 Å². The van der Waals surface area contributed by atoms with E-state index in [1.807, 2.05) is 38.2 Å². The molecule has 0 bridgehead atoms. The first-order valence-corrected chi connectivity index (χ1v) is 12.5. The van der Waals surface area contributed by atoms with Gasteiger partial charge in [0.1, 0.15) is 17.8 Å². The standard InChI is InChI=1S/C27H29F3N6O2/c1-26(2,16-31)35-10-8-33(9-11-35)20-4-5-22-21(14-32-36(22)15-20)19-12-18-6-7-34(17-27(28,29)30)25(37)24(18)23(13-19)38-3/h4-5,12-15H,6-11,17H2,1-3H3. The number of pyridine rings is 1. The van der Waals surface area contributed by atoms with Crippen LogP contribution in [0.2, 0.25) is 0 Å². The summed E-state index contributed by atoms with van der Waals surface area (Å²) in [7, 11) is 1.41. The fourth-order valence-electron chi connectivity index (χ4n) is 5.29. The van der Waals surface area contributed by atoms with Crippen LogP contribution in [0.15, 0.2) is 36.7 Å². The van der Waals surface area contributed by atoms with Crippen LogP contribution >= 0.6 is 0 Å². The highest BCUT2D eigenvalue weighted by molar-refractivity contribution is 6.00. The molecule has 1 fully saturated rings. The van der Waals surface area contributed by atoms with Gasteiger partial charge in [0.15, 0.2) is 0 Å². The maximum atomic E-state index is 12.9. The Labute approximate surface area is 218 Å². The molecule has 8 nitrogen and oxygen atoms in total. The molecule has 0 radical (unpaired) electrons. The molecule has 4 heterocycles. The largest absolute Gasteiger partial charge is 0.496 e. The molecule has 1 aromatic carbocycles. The van der Waals surface area contributed by atoms with Gasteiger partial charge in [0.05, 0.1) is 42.3 Å². The lowest BCUT2D eigenvalue weighted by molar-refractivity contribution is -0.141. The van der Waals surface area contributed by atoms with Gasteiger partial charge in [-0.15, -0.1) is 0 Å². The van der Waals surface area contributed by atoms with Crippen molar-refractivity contribution in [3.05, 3.63) is 47.8 Å². The van der Waals surface area contributed by atoms with E-state index in [0.29, 0.717) is 12.0 Å². The summed E-state index contributed by atoms with van der Waals surface area (Å²) in [6.07, 6.45) is -0.442. The predicted molar refractivity (Wildman–Crippen MR) is 136 cm³/mol. The number of anilines is 1. The van der Waals surface area contributed by atoms with Crippen LogP contribution in [0, 0.1) is 11.3 Å². The summed E-state index contributed by atoms with van der Waals surface area (Å²) in [6.45, 7) is 5.76. The minimum atomic E-state index is -4.46. The van der Waals surface area contributed by atoms with Crippen molar-refractivity contribution in [2.45, 2.75) is 32.0 Å². The number of amides is 1. The summed E-state index contributed by atoms with van der Waals surface area (Å²) in [5.41, 5.74) is 3.86. The fourth-order valence-corrected chi connectivity index (χ4v) is 5.29. The normalized spacial score (nSPS) is 17.0. The van der Waals surface area contributed by atoms with Crippen LogP contribution in [0.1, 0.15) is 29.8 Å². The van der Waals surface area contributed by atoms with E-state index in [-0.39, 0.29) is 17.9 Å². The molecule has 3 aromatic rings. The van der Waals surface area contributed by atoms with Crippen molar-refractivity contribution < 1.29 is 22.7 Å². The molecule has 0 atom stereocenters. The van der Waals surface area contributed by atoms with Gasteiger partial charge in [-0.1, -0.05) is 0 Å². The number of piperazine rings is 1. The number of alkyl halides is 3. The zero-order chi connectivity index (χ0) is 27.2. The first kappa shape index (κ1) is 25.9. The van der Waals surface area contributed by atoms with Crippen LogP contribution in [0.3, 0.4) is 0 Å². The van der Waals surface area contributed by atoms with Gasteiger partial charge in [-0.25, -0.2) is 4.52 Å². The number of methoxy groups -OCH3 is 1. The van der Waals surface area contributed by atoms with Crippen LogP contribution in [-0.2, 0) is 6.42 Å². The third-order valence-electron chi connectivity index (χ3n) is 7.45. The van der Waals surface area contributed by atoms with E-state index in [2.05, 4.69) is 21.0 Å². The van der Waals surface area contributed by atoms with Crippen molar-refractivity contribution in [3.8, 4) is 22.9 Å². The second-order valence-corrected chi connectivity index (χ2v) is 10.2. The summed E-state index contributed by atoms with van der Waals surface area (Å²) in [4.78, 5) is 18.1. The molecule has 200 valence electrons. The molecule has 11 heteroatoms. The monoisotopic (exact) mass is 526 g/mol. The van der Waals surface area contributed by atoms with Crippen LogP contribution in [0.5, 0.6) is 5.75 Å². The van der Waals surface area contributed by atoms with Gasteiger partial charge in [-0.2, -0.15) is 23.5 Å². The van der Waals surface area contributed by atoms with Crippen molar-refractivity contribution in [1.82, 2.24) is 19.4 Å². The maximum absolute atomic E-state index is 12.9. The molecule has 2 aromatic heterocycles. The Morgan fingerprint density at radius 1 is 1.11 bits per heavy atom. The molecule has 2 aliphatic rings. The van der Waals surface area contributed by atoms with Crippen molar-refractivity contribution >= 4 is 17.1 Å². The fraction of sp³-hybridized carbons (Fsp3) is 0.444. The number of carbonyl (C=O) groups is 1. The maximum Gasteiger partial charge on any atom is 0.406 e. The summed E-state index contributed by atoms with van der Waals surface area (Å²) < 4.78 is 46.1. The highest BCUT2D eigenvalue weighted by Gasteiger charge is 2.37. The van der Waals surface area contributed by atoms with Crippen molar-refractivity contribution in [1.29, 1.82) is 5.26 Å². The number of nitriles is 1. The third kappa shape index (κ3) is 4.76. The minimum Gasteiger partial charge on any atom is -0.496 e. The molecular formula is C27H29F3N6O2. The Bertz CT molecular complexity index is 1400. The van der Waals surface area contributed by atoms with Gasteiger partial charge in [-0.05, 0) is 55.7 Å². The van der Waals surface area contributed by atoms with Crippen molar-refractivity contribution in [2.75, 3.05) is 51.3 Å². The molecule has 5 rings (SSSR count). The number of hydrogen-bond donors (Lipinski definition) is 0. The van der Waals surface area contributed by atoms with Gasteiger partial charge in [0, 0.05) is 38.3 Å². The molecule has 0 saturated carbocycles. The van der Waals surface area contributed by atoms with Gasteiger partial charge in [0.25, 0.3) is 5.91 Å². The number of carbonyl (C=O) groups excluding carboxylic acids is 1. The summed E-state index contributed by atoms with van der Waals surface area (Å²) >= 11 is 0. The Morgan fingerprint density at radius 2 is 1.84 bits per heavy atom. The van der Waals surface area contributed by atoms with Crippen LogP contribution in [-0.4, -0.2) is 83.4 Å². The number of halogens is 3. The zero-order valence-corrected chi connectivity index (χ0v) is 21.5. The summed E-state index contributed by atoms with van der Waals surface area (Å²) in [6, 6.07) is 9.94. The minimum absolute atomic E-state index is 0.00508. The molecule has 0 aliphatic carbocycles. The van der Waals surface area contributed by atoms with Crippen molar-refractivity contribution in [2.24, 2.45) is 0 Å². The lowest BCUT2D eigenvalue weighted by Crippen LogP contribution is -2.54. The molecule has 0 unspecified atom stereocenters. The molecule has 0 N–H and O–H groups in total. The van der Waals surface area contributed by atoms with Gasteiger partial charge < -0.3 is 14.5 Å². The SMILES string of the molecule is COc1cc(-c2cnn3cc(N4CCN(C(C)(C)C#N)CC4)ccc23)cc2c1C(=O)N(CC(F)(F)F)CC2. The second-order valence-electron chi connectivity index (χ2n) is 10.2. The van der Waals surface area contributed by atoms with Crippen molar-refractivity contribution in [3.63, 3.8) is 0 Å². The summed E-state index contributed by atoms with van der Waals surface area (Å²) in [5, 5.41) is 14.0. The number of nitrogens with zero attached hydrogens (tertiary/aromatic N) is 6. The van der Waals surface area contributed by atoms with Crippen LogP contribution in [0.25, 0.3) is 16.6 Å². The Hall–Kier alpha value is -3.78. The van der Waals surface area contributed by atoms with E-state index in [0.717, 1.165) is 53.4 Å². The first-order valence-electron chi connectivity index (χ1n) is 12.5. The molecule has 1 saturated heterocycles. The average molecular weight is 527 g/mol. The number of benzene rings is 1. The topological polar surface area (TPSA) is 77.1 Å². The van der Waals surface area contributed by atoms with Crippen LogP contribution in [0.4, 0.5) is 18.9 Å². The zero-order valence-electron chi connectivity index (χ0n) is 21.5. The molecule has 1 amide bonds. The molecule has 2 aliphatic heterocycles. The number of ether oxygens (including phenoxy) is 1. The lowest BCUT2D eigenvalue weighted by Gasteiger charge is -2.41. The Kier molecular flexibility index (Phi) is 6.47. The van der Waals surface area contributed by atoms with E-state index in [1.54, 1.807) is 16.8 Å². The Balaban J connectivity index is 1.41. The Morgan fingerprint density at radius 3 is 2.50 bits per heavy atom. The van der Waals surface area contributed by atoms with E-state index < -0.39 is 24.2 Å². The number of hydrogen-bond acceptors (Lipinski definition) is 6. The quantitative estimate of drug-likeness (QED) is 0.501. The van der Waals surface area contributed by atoms with Gasteiger partial charge >= 0.3 is 6.18 Å².